The molecule has 1 aliphatic rings. The molecule has 1 fully saturated rings. The molecular formula is C10H18N2O3. The maximum atomic E-state index is 11.8. The van der Waals surface area contributed by atoms with E-state index in [4.69, 9.17) is 5.73 Å². The summed E-state index contributed by atoms with van der Waals surface area (Å²) in [6, 6.07) is 0. The minimum absolute atomic E-state index is 0.0723. The van der Waals surface area contributed by atoms with Crippen LogP contribution in [0.1, 0.15) is 25.7 Å². The minimum Gasteiger partial charge on any atom is -0.468 e. The van der Waals surface area contributed by atoms with Crippen LogP contribution in [0, 0.1) is 5.41 Å². The Morgan fingerprint density at radius 2 is 2.00 bits per heavy atom. The van der Waals surface area contributed by atoms with E-state index in [1.165, 1.54) is 7.11 Å². The zero-order valence-corrected chi connectivity index (χ0v) is 9.04. The van der Waals surface area contributed by atoms with Crippen LogP contribution >= 0.6 is 0 Å². The zero-order chi connectivity index (χ0) is 11.3. The van der Waals surface area contributed by atoms with Crippen molar-refractivity contribution < 1.29 is 14.3 Å². The van der Waals surface area contributed by atoms with Gasteiger partial charge in [-0.05, 0) is 12.8 Å². The number of methoxy groups -OCH3 is 1. The van der Waals surface area contributed by atoms with Gasteiger partial charge in [-0.1, -0.05) is 12.8 Å². The van der Waals surface area contributed by atoms with Crippen molar-refractivity contribution in [3.63, 3.8) is 0 Å². The molecule has 1 aliphatic carbocycles. The molecule has 15 heavy (non-hydrogen) atoms. The quantitative estimate of drug-likeness (QED) is 0.635. The molecule has 0 radical (unpaired) electrons. The van der Waals surface area contributed by atoms with E-state index >= 15 is 0 Å². The Morgan fingerprint density at radius 1 is 1.40 bits per heavy atom. The Balaban J connectivity index is 2.47. The van der Waals surface area contributed by atoms with Gasteiger partial charge in [0.2, 0.25) is 5.91 Å². The van der Waals surface area contributed by atoms with Crippen molar-refractivity contribution in [2.24, 2.45) is 11.1 Å². The molecule has 0 heterocycles. The first-order valence-corrected chi connectivity index (χ1v) is 5.20. The summed E-state index contributed by atoms with van der Waals surface area (Å²) in [5.74, 6) is -0.554. The van der Waals surface area contributed by atoms with E-state index in [0.717, 1.165) is 25.7 Å². The molecule has 5 heteroatoms. The fourth-order valence-electron chi connectivity index (χ4n) is 1.99. The number of ether oxygens (including phenoxy) is 1. The number of hydrogen-bond donors (Lipinski definition) is 2. The molecule has 0 saturated heterocycles. The number of rotatable bonds is 4. The van der Waals surface area contributed by atoms with Crippen LogP contribution in [0.25, 0.3) is 0 Å². The van der Waals surface area contributed by atoms with Gasteiger partial charge < -0.3 is 15.8 Å². The lowest BCUT2D eigenvalue weighted by molar-refractivity contribution is -0.142. The van der Waals surface area contributed by atoms with Crippen molar-refractivity contribution in [1.29, 1.82) is 0 Å². The van der Waals surface area contributed by atoms with Crippen LogP contribution in [0.3, 0.4) is 0 Å². The van der Waals surface area contributed by atoms with Crippen molar-refractivity contribution in [2.45, 2.75) is 25.7 Å². The highest BCUT2D eigenvalue weighted by Gasteiger charge is 2.39. The van der Waals surface area contributed by atoms with Crippen LogP contribution in [0.2, 0.25) is 0 Å². The molecule has 86 valence electrons. The monoisotopic (exact) mass is 214 g/mol. The summed E-state index contributed by atoms with van der Waals surface area (Å²) in [6.45, 7) is 0.275. The number of carbonyl (C=O) groups excluding carboxylic acids is 2. The summed E-state index contributed by atoms with van der Waals surface area (Å²) in [4.78, 5) is 22.7. The van der Waals surface area contributed by atoms with Gasteiger partial charge in [-0.25, -0.2) is 0 Å². The first-order valence-electron chi connectivity index (χ1n) is 5.20. The Hall–Kier alpha value is -1.10. The average Bonchev–Trinajstić information content (AvgIpc) is 2.75. The number of nitrogens with one attached hydrogen (secondary N) is 1. The van der Waals surface area contributed by atoms with E-state index < -0.39 is 11.4 Å². The number of carbonyl (C=O) groups is 2. The van der Waals surface area contributed by atoms with Crippen molar-refractivity contribution in [1.82, 2.24) is 5.32 Å². The number of esters is 1. The predicted octanol–water partition coefficient (Wildman–Crippen LogP) is -0.205. The topological polar surface area (TPSA) is 81.4 Å². The fraction of sp³-hybridized carbons (Fsp3) is 0.800. The number of hydrogen-bond acceptors (Lipinski definition) is 4. The highest BCUT2D eigenvalue weighted by Crippen LogP contribution is 2.37. The summed E-state index contributed by atoms with van der Waals surface area (Å²) in [7, 11) is 1.29. The van der Waals surface area contributed by atoms with Gasteiger partial charge in [-0.15, -0.1) is 0 Å². The van der Waals surface area contributed by atoms with Crippen LogP contribution in [-0.2, 0) is 14.3 Å². The third-order valence-electron chi connectivity index (χ3n) is 3.05. The molecule has 1 amide bonds. The molecule has 0 unspecified atom stereocenters. The molecule has 0 spiro atoms. The molecule has 3 N–H and O–H groups in total. The molecule has 0 aromatic carbocycles. The summed E-state index contributed by atoms with van der Waals surface area (Å²) in [5, 5.41) is 2.57. The summed E-state index contributed by atoms with van der Waals surface area (Å²) in [6.07, 6.45) is 3.69. The van der Waals surface area contributed by atoms with Gasteiger partial charge in [-0.3, -0.25) is 9.59 Å². The van der Waals surface area contributed by atoms with E-state index in [1.54, 1.807) is 0 Å². The third kappa shape index (κ3) is 2.68. The minimum atomic E-state index is -0.450. The lowest BCUT2D eigenvalue weighted by atomic mass is 9.85. The van der Waals surface area contributed by atoms with Crippen LogP contribution in [0.5, 0.6) is 0 Å². The van der Waals surface area contributed by atoms with E-state index in [2.05, 4.69) is 10.1 Å². The second-order valence-corrected chi connectivity index (χ2v) is 3.95. The maximum absolute atomic E-state index is 11.8. The average molecular weight is 214 g/mol. The second kappa shape index (κ2) is 5.11. The van der Waals surface area contributed by atoms with E-state index in [9.17, 15) is 9.59 Å². The van der Waals surface area contributed by atoms with Gasteiger partial charge in [0.1, 0.15) is 6.54 Å². The molecule has 1 saturated carbocycles. The summed E-state index contributed by atoms with van der Waals surface area (Å²) >= 11 is 0. The van der Waals surface area contributed by atoms with Crippen molar-refractivity contribution in [3.05, 3.63) is 0 Å². The highest BCUT2D eigenvalue weighted by atomic mass is 16.5. The lowest BCUT2D eigenvalue weighted by Gasteiger charge is -2.25. The molecule has 0 aromatic rings. The van der Waals surface area contributed by atoms with Crippen LogP contribution < -0.4 is 11.1 Å². The maximum Gasteiger partial charge on any atom is 0.325 e. The number of amides is 1. The van der Waals surface area contributed by atoms with Gasteiger partial charge in [0, 0.05) is 6.54 Å². The van der Waals surface area contributed by atoms with Crippen LogP contribution in [0.4, 0.5) is 0 Å². The Morgan fingerprint density at radius 3 is 2.47 bits per heavy atom. The highest BCUT2D eigenvalue weighted by molar-refractivity contribution is 5.86. The molecule has 0 aliphatic heterocycles. The van der Waals surface area contributed by atoms with Gasteiger partial charge >= 0.3 is 5.97 Å². The first-order chi connectivity index (χ1) is 7.14. The summed E-state index contributed by atoms with van der Waals surface area (Å²) in [5.41, 5.74) is 5.18. The third-order valence-corrected chi connectivity index (χ3v) is 3.05. The normalized spacial score (nSPS) is 18.5. The fourth-order valence-corrected chi connectivity index (χ4v) is 1.99. The molecule has 5 nitrogen and oxygen atoms in total. The van der Waals surface area contributed by atoms with Crippen molar-refractivity contribution in [3.8, 4) is 0 Å². The van der Waals surface area contributed by atoms with Gasteiger partial charge in [0.15, 0.2) is 0 Å². The molecule has 1 rings (SSSR count). The Kier molecular flexibility index (Phi) is 4.08. The summed E-state index contributed by atoms with van der Waals surface area (Å²) < 4.78 is 4.44. The van der Waals surface area contributed by atoms with E-state index in [-0.39, 0.29) is 12.5 Å². The first kappa shape index (κ1) is 12.0. The molecule has 0 aromatic heterocycles. The van der Waals surface area contributed by atoms with Crippen LogP contribution in [0.15, 0.2) is 0 Å². The largest absolute Gasteiger partial charge is 0.468 e. The Bertz CT molecular complexity index is 247. The van der Waals surface area contributed by atoms with Crippen molar-refractivity contribution in [2.75, 3.05) is 20.2 Å². The Labute approximate surface area is 89.3 Å². The zero-order valence-electron chi connectivity index (χ0n) is 9.04. The van der Waals surface area contributed by atoms with Gasteiger partial charge in [0.25, 0.3) is 0 Å². The van der Waals surface area contributed by atoms with Crippen molar-refractivity contribution >= 4 is 11.9 Å². The number of nitrogens with two attached hydrogens (primary N) is 1. The van der Waals surface area contributed by atoms with E-state index in [1.807, 2.05) is 0 Å². The molecule has 0 atom stereocenters. The van der Waals surface area contributed by atoms with Crippen LogP contribution in [-0.4, -0.2) is 32.1 Å². The van der Waals surface area contributed by atoms with E-state index in [0.29, 0.717) is 6.54 Å². The molecule has 0 bridgehead atoms. The standard InChI is InChI=1S/C10H18N2O3/c1-15-8(13)6-12-9(14)10(7-11)4-2-3-5-10/h2-7,11H2,1H3,(H,12,14). The van der Waals surface area contributed by atoms with Gasteiger partial charge in [0.05, 0.1) is 12.5 Å². The second-order valence-electron chi connectivity index (χ2n) is 3.95. The molecular weight excluding hydrogens is 196 g/mol. The smallest absolute Gasteiger partial charge is 0.325 e. The van der Waals surface area contributed by atoms with Gasteiger partial charge in [-0.2, -0.15) is 0 Å². The SMILES string of the molecule is COC(=O)CNC(=O)C1(CN)CCCC1. The lowest BCUT2D eigenvalue weighted by Crippen LogP contribution is -2.45. The predicted molar refractivity (Wildman–Crippen MR) is 55.0 cm³/mol.